The Morgan fingerprint density at radius 3 is 2.40 bits per heavy atom. The maximum atomic E-state index is 9.18. The van der Waals surface area contributed by atoms with Crippen LogP contribution in [0.4, 0.5) is 5.69 Å². The van der Waals surface area contributed by atoms with Gasteiger partial charge in [0, 0.05) is 18.2 Å². The summed E-state index contributed by atoms with van der Waals surface area (Å²) in [5.41, 5.74) is 3.38. The summed E-state index contributed by atoms with van der Waals surface area (Å²) in [6, 6.07) is 18.6. The Morgan fingerprint density at radius 2 is 1.75 bits per heavy atom. The lowest BCUT2D eigenvalue weighted by Crippen LogP contribution is -2.17. The molecule has 0 spiro atoms. The molecule has 2 aromatic rings. The van der Waals surface area contributed by atoms with E-state index in [9.17, 15) is 5.11 Å². The molecule has 0 fully saturated rings. The number of rotatable bonds is 6. The summed E-state index contributed by atoms with van der Waals surface area (Å²) in [5.74, 6) is 1.06. The predicted molar refractivity (Wildman–Crippen MR) is 84.9 cm³/mol. The molecule has 1 atom stereocenters. The molecule has 0 aliphatic carbocycles. The van der Waals surface area contributed by atoms with Crippen LogP contribution in [-0.2, 0) is 6.61 Å². The van der Waals surface area contributed by atoms with Gasteiger partial charge in [-0.3, -0.25) is 0 Å². The van der Waals surface area contributed by atoms with E-state index in [2.05, 4.69) is 49.5 Å². The first-order valence-corrected chi connectivity index (χ1v) is 7.19. The van der Waals surface area contributed by atoms with Crippen LogP contribution in [0.25, 0.3) is 0 Å². The molecule has 0 aromatic heterocycles. The molecule has 0 saturated carbocycles. The Morgan fingerprint density at radius 1 is 1.00 bits per heavy atom. The Bertz CT molecular complexity index is 522. The van der Waals surface area contributed by atoms with Crippen LogP contribution in [0.2, 0.25) is 0 Å². The molecule has 2 aromatic carbocycles. The van der Waals surface area contributed by atoms with E-state index in [0.717, 1.165) is 17.8 Å². The normalized spacial score (nSPS) is 12.4. The van der Waals surface area contributed by atoms with Crippen molar-refractivity contribution in [2.75, 3.05) is 11.9 Å². The summed E-state index contributed by atoms with van der Waals surface area (Å²) in [7, 11) is 0. The fourth-order valence-electron chi connectivity index (χ4n) is 2.45. The minimum Gasteiger partial charge on any atom is -0.392 e. The van der Waals surface area contributed by atoms with Crippen molar-refractivity contribution in [3.63, 3.8) is 0 Å². The molecule has 20 heavy (non-hydrogen) atoms. The third-order valence-corrected chi connectivity index (χ3v) is 3.67. The fourth-order valence-corrected chi connectivity index (χ4v) is 2.45. The largest absolute Gasteiger partial charge is 0.392 e. The molecule has 2 nitrogen and oxygen atoms in total. The molecule has 0 amide bonds. The molecule has 106 valence electrons. The maximum Gasteiger partial charge on any atom is 0.0682 e. The van der Waals surface area contributed by atoms with Crippen LogP contribution < -0.4 is 5.32 Å². The summed E-state index contributed by atoms with van der Waals surface area (Å²) < 4.78 is 0. The summed E-state index contributed by atoms with van der Waals surface area (Å²) in [4.78, 5) is 0. The highest BCUT2D eigenvalue weighted by molar-refractivity contribution is 5.46. The van der Waals surface area contributed by atoms with E-state index < -0.39 is 0 Å². The zero-order valence-electron chi connectivity index (χ0n) is 12.2. The monoisotopic (exact) mass is 269 g/mol. The summed E-state index contributed by atoms with van der Waals surface area (Å²) >= 11 is 0. The second kappa shape index (κ2) is 7.11. The molecule has 2 N–H and O–H groups in total. The summed E-state index contributed by atoms with van der Waals surface area (Å²) in [6.45, 7) is 5.49. The van der Waals surface area contributed by atoms with E-state index in [4.69, 9.17) is 0 Å². The molecule has 0 bridgehead atoms. The van der Waals surface area contributed by atoms with Crippen LogP contribution in [0.1, 0.15) is 30.9 Å². The van der Waals surface area contributed by atoms with Crippen molar-refractivity contribution in [2.45, 2.75) is 26.4 Å². The molecule has 0 aliphatic rings. The first-order chi connectivity index (χ1) is 9.70. The summed E-state index contributed by atoms with van der Waals surface area (Å²) in [5, 5.41) is 12.7. The third kappa shape index (κ3) is 3.84. The lowest BCUT2D eigenvalue weighted by atomic mass is 9.88. The van der Waals surface area contributed by atoms with Gasteiger partial charge in [-0.1, -0.05) is 56.3 Å². The van der Waals surface area contributed by atoms with Crippen LogP contribution in [0.15, 0.2) is 54.6 Å². The van der Waals surface area contributed by atoms with Gasteiger partial charge in [-0.25, -0.2) is 0 Å². The quantitative estimate of drug-likeness (QED) is 0.830. The van der Waals surface area contributed by atoms with E-state index in [1.807, 2.05) is 24.3 Å². The van der Waals surface area contributed by atoms with Crippen molar-refractivity contribution in [3.8, 4) is 0 Å². The van der Waals surface area contributed by atoms with Crippen molar-refractivity contribution >= 4 is 5.69 Å². The molecular weight excluding hydrogens is 246 g/mol. The van der Waals surface area contributed by atoms with Gasteiger partial charge in [0.1, 0.15) is 0 Å². The zero-order chi connectivity index (χ0) is 14.4. The molecule has 0 heterocycles. The van der Waals surface area contributed by atoms with Crippen LogP contribution in [0.3, 0.4) is 0 Å². The topological polar surface area (TPSA) is 32.3 Å². The molecule has 2 rings (SSSR count). The molecular formula is C18H23NO. The van der Waals surface area contributed by atoms with Crippen molar-refractivity contribution in [1.82, 2.24) is 0 Å². The minimum atomic E-state index is 0.0851. The Hall–Kier alpha value is -1.80. The van der Waals surface area contributed by atoms with Crippen LogP contribution in [0, 0.1) is 5.92 Å². The van der Waals surface area contributed by atoms with Gasteiger partial charge in [0.2, 0.25) is 0 Å². The molecule has 1 unspecified atom stereocenters. The Balaban J connectivity index is 2.06. The van der Waals surface area contributed by atoms with Gasteiger partial charge in [-0.2, -0.15) is 0 Å². The van der Waals surface area contributed by atoms with E-state index in [0.29, 0.717) is 11.8 Å². The van der Waals surface area contributed by atoms with Crippen molar-refractivity contribution < 1.29 is 5.11 Å². The lowest BCUT2D eigenvalue weighted by Gasteiger charge is -2.22. The number of aliphatic hydroxyl groups is 1. The number of hydrogen-bond acceptors (Lipinski definition) is 2. The average Bonchev–Trinajstić information content (AvgIpc) is 2.48. The van der Waals surface area contributed by atoms with Gasteiger partial charge in [0.15, 0.2) is 0 Å². The van der Waals surface area contributed by atoms with Gasteiger partial charge >= 0.3 is 0 Å². The second-order valence-electron chi connectivity index (χ2n) is 5.50. The standard InChI is InChI=1S/C18H23NO/c1-14(2)18(16-8-4-3-5-9-16)12-19-17-10-6-7-15(11-17)13-20/h3-11,14,18-20H,12-13H2,1-2H3. The molecule has 0 radical (unpaired) electrons. The van der Waals surface area contributed by atoms with E-state index in [1.165, 1.54) is 5.56 Å². The lowest BCUT2D eigenvalue weighted by molar-refractivity contribution is 0.282. The van der Waals surface area contributed by atoms with E-state index in [-0.39, 0.29) is 6.61 Å². The second-order valence-corrected chi connectivity index (χ2v) is 5.50. The Kier molecular flexibility index (Phi) is 5.19. The highest BCUT2D eigenvalue weighted by Crippen LogP contribution is 2.25. The van der Waals surface area contributed by atoms with E-state index in [1.54, 1.807) is 0 Å². The average molecular weight is 269 g/mol. The molecule has 2 heteroatoms. The van der Waals surface area contributed by atoms with Gasteiger partial charge in [-0.05, 0) is 29.2 Å². The highest BCUT2D eigenvalue weighted by Gasteiger charge is 2.15. The predicted octanol–water partition coefficient (Wildman–Crippen LogP) is 4.03. The zero-order valence-corrected chi connectivity index (χ0v) is 12.2. The number of aliphatic hydroxyl groups excluding tert-OH is 1. The number of hydrogen-bond donors (Lipinski definition) is 2. The Labute approximate surface area is 121 Å². The van der Waals surface area contributed by atoms with Crippen molar-refractivity contribution in [1.29, 1.82) is 0 Å². The van der Waals surface area contributed by atoms with E-state index >= 15 is 0 Å². The van der Waals surface area contributed by atoms with Gasteiger partial charge in [0.25, 0.3) is 0 Å². The highest BCUT2D eigenvalue weighted by atomic mass is 16.3. The third-order valence-electron chi connectivity index (χ3n) is 3.67. The number of nitrogens with one attached hydrogen (secondary N) is 1. The molecule has 0 aliphatic heterocycles. The van der Waals surface area contributed by atoms with Gasteiger partial charge in [-0.15, -0.1) is 0 Å². The number of anilines is 1. The number of benzene rings is 2. The van der Waals surface area contributed by atoms with Crippen LogP contribution in [0.5, 0.6) is 0 Å². The van der Waals surface area contributed by atoms with Crippen LogP contribution in [-0.4, -0.2) is 11.7 Å². The first-order valence-electron chi connectivity index (χ1n) is 7.19. The van der Waals surface area contributed by atoms with Gasteiger partial charge in [0.05, 0.1) is 6.61 Å². The smallest absolute Gasteiger partial charge is 0.0682 e. The van der Waals surface area contributed by atoms with Crippen molar-refractivity contribution in [2.24, 2.45) is 5.92 Å². The SMILES string of the molecule is CC(C)C(CNc1cccc(CO)c1)c1ccccc1. The van der Waals surface area contributed by atoms with Gasteiger partial charge < -0.3 is 10.4 Å². The minimum absolute atomic E-state index is 0.0851. The molecule has 0 saturated heterocycles. The first kappa shape index (κ1) is 14.6. The summed E-state index contributed by atoms with van der Waals surface area (Å²) in [6.07, 6.45) is 0. The van der Waals surface area contributed by atoms with Crippen LogP contribution >= 0.6 is 0 Å². The van der Waals surface area contributed by atoms with Crippen molar-refractivity contribution in [3.05, 3.63) is 65.7 Å². The fraction of sp³-hybridized carbons (Fsp3) is 0.333. The maximum absolute atomic E-state index is 9.18.